The van der Waals surface area contributed by atoms with Crippen molar-refractivity contribution < 1.29 is 4.74 Å². The Hall–Kier alpha value is -2.28. The number of H-pyrrole nitrogens is 1. The molecule has 0 aliphatic carbocycles. The fraction of sp³-hybridized carbons (Fsp3) is 0.385. The van der Waals surface area contributed by atoms with E-state index in [0.29, 0.717) is 30.6 Å². The Kier molecular flexibility index (Phi) is 3.42. The van der Waals surface area contributed by atoms with Crippen molar-refractivity contribution in [3.8, 4) is 0 Å². The highest BCUT2D eigenvalue weighted by Gasteiger charge is 2.25. The number of aryl methyl sites for hydroxylation is 1. The molecule has 1 saturated heterocycles. The van der Waals surface area contributed by atoms with Crippen molar-refractivity contribution >= 4 is 5.95 Å². The van der Waals surface area contributed by atoms with E-state index in [-0.39, 0.29) is 11.7 Å². The summed E-state index contributed by atoms with van der Waals surface area (Å²) < 4.78 is 5.71. The topological polar surface area (TPSA) is 84.0 Å². The highest BCUT2D eigenvalue weighted by molar-refractivity contribution is 5.30. The summed E-state index contributed by atoms with van der Waals surface area (Å²) in [6.45, 7) is 3.62. The van der Waals surface area contributed by atoms with E-state index < -0.39 is 0 Å². The van der Waals surface area contributed by atoms with Gasteiger partial charge >= 0.3 is 0 Å². The SMILES string of the molecule is Cc1nc(C2CN(c3ncccn3)CCO2)cc(=O)[nH]1. The first-order chi connectivity index (χ1) is 9.72. The Morgan fingerprint density at radius 2 is 2.20 bits per heavy atom. The van der Waals surface area contributed by atoms with Crippen LogP contribution >= 0.6 is 0 Å². The largest absolute Gasteiger partial charge is 0.368 e. The second-order valence-corrected chi connectivity index (χ2v) is 4.61. The maximum absolute atomic E-state index is 11.5. The van der Waals surface area contributed by atoms with E-state index >= 15 is 0 Å². The molecule has 2 aromatic heterocycles. The number of aromatic nitrogens is 4. The Bertz CT molecular complexity index is 643. The van der Waals surface area contributed by atoms with Gasteiger partial charge in [-0.25, -0.2) is 15.0 Å². The van der Waals surface area contributed by atoms with E-state index in [4.69, 9.17) is 4.74 Å². The van der Waals surface area contributed by atoms with Crippen LogP contribution < -0.4 is 10.5 Å². The molecule has 1 aliphatic heterocycles. The van der Waals surface area contributed by atoms with Gasteiger partial charge in [-0.1, -0.05) is 0 Å². The number of morpholine rings is 1. The third-order valence-electron chi connectivity index (χ3n) is 3.11. The van der Waals surface area contributed by atoms with Gasteiger partial charge < -0.3 is 14.6 Å². The zero-order valence-electron chi connectivity index (χ0n) is 11.1. The molecule has 0 amide bonds. The number of aromatic amines is 1. The average molecular weight is 273 g/mol. The molecule has 1 atom stereocenters. The summed E-state index contributed by atoms with van der Waals surface area (Å²) in [5, 5.41) is 0. The molecule has 7 nitrogen and oxygen atoms in total. The number of nitrogens with zero attached hydrogens (tertiary/aromatic N) is 4. The molecule has 1 unspecified atom stereocenters. The Balaban J connectivity index is 1.83. The van der Waals surface area contributed by atoms with Gasteiger partial charge in [0.1, 0.15) is 11.9 Å². The monoisotopic (exact) mass is 273 g/mol. The van der Waals surface area contributed by atoms with E-state index in [0.717, 1.165) is 6.54 Å². The molecular weight excluding hydrogens is 258 g/mol. The number of hydrogen-bond donors (Lipinski definition) is 1. The summed E-state index contributed by atoms with van der Waals surface area (Å²) in [5.41, 5.74) is 0.482. The van der Waals surface area contributed by atoms with Gasteiger partial charge in [-0.3, -0.25) is 4.79 Å². The van der Waals surface area contributed by atoms with Gasteiger partial charge in [-0.15, -0.1) is 0 Å². The molecule has 3 heterocycles. The zero-order chi connectivity index (χ0) is 13.9. The molecule has 1 N–H and O–H groups in total. The van der Waals surface area contributed by atoms with E-state index in [2.05, 4.69) is 19.9 Å². The van der Waals surface area contributed by atoms with E-state index in [1.54, 1.807) is 25.4 Å². The van der Waals surface area contributed by atoms with Gasteiger partial charge in [0.2, 0.25) is 5.95 Å². The zero-order valence-corrected chi connectivity index (χ0v) is 11.1. The van der Waals surface area contributed by atoms with Crippen LogP contribution in [0.5, 0.6) is 0 Å². The maximum atomic E-state index is 11.5. The number of anilines is 1. The van der Waals surface area contributed by atoms with Crippen LogP contribution in [0.25, 0.3) is 0 Å². The average Bonchev–Trinajstić information content (AvgIpc) is 2.47. The smallest absolute Gasteiger partial charge is 0.251 e. The van der Waals surface area contributed by atoms with Crippen LogP contribution in [0.1, 0.15) is 17.6 Å². The predicted octanol–water partition coefficient (Wildman–Crippen LogP) is 0.446. The summed E-state index contributed by atoms with van der Waals surface area (Å²) >= 11 is 0. The van der Waals surface area contributed by atoms with Crippen LogP contribution in [0, 0.1) is 6.92 Å². The lowest BCUT2D eigenvalue weighted by atomic mass is 10.2. The summed E-state index contributed by atoms with van der Waals surface area (Å²) in [6.07, 6.45) is 3.18. The fourth-order valence-electron chi connectivity index (χ4n) is 2.23. The van der Waals surface area contributed by atoms with E-state index in [9.17, 15) is 4.79 Å². The molecule has 0 spiro atoms. The van der Waals surface area contributed by atoms with Gasteiger partial charge in [0.05, 0.1) is 18.8 Å². The van der Waals surface area contributed by atoms with E-state index in [1.165, 1.54) is 6.07 Å². The normalized spacial score (nSPS) is 19.1. The summed E-state index contributed by atoms with van der Waals surface area (Å²) in [5.74, 6) is 1.26. The van der Waals surface area contributed by atoms with Crippen molar-refractivity contribution in [2.75, 3.05) is 24.6 Å². The molecule has 0 radical (unpaired) electrons. The van der Waals surface area contributed by atoms with Gasteiger partial charge in [0, 0.05) is 25.0 Å². The van der Waals surface area contributed by atoms with Gasteiger partial charge in [-0.05, 0) is 13.0 Å². The minimum Gasteiger partial charge on any atom is -0.368 e. The summed E-state index contributed by atoms with van der Waals surface area (Å²) in [6, 6.07) is 3.26. The lowest BCUT2D eigenvalue weighted by Crippen LogP contribution is -2.40. The molecule has 0 saturated carbocycles. The Morgan fingerprint density at radius 3 is 2.95 bits per heavy atom. The lowest BCUT2D eigenvalue weighted by molar-refractivity contribution is 0.0362. The number of rotatable bonds is 2. The van der Waals surface area contributed by atoms with Crippen LogP contribution in [-0.4, -0.2) is 39.6 Å². The molecule has 104 valence electrons. The first kappa shape index (κ1) is 12.7. The van der Waals surface area contributed by atoms with Crippen LogP contribution in [-0.2, 0) is 4.74 Å². The first-order valence-corrected chi connectivity index (χ1v) is 6.44. The van der Waals surface area contributed by atoms with Crippen molar-refractivity contribution in [1.29, 1.82) is 0 Å². The quantitative estimate of drug-likeness (QED) is 0.855. The molecule has 1 fully saturated rings. The maximum Gasteiger partial charge on any atom is 0.251 e. The molecule has 1 aliphatic rings. The van der Waals surface area contributed by atoms with Crippen molar-refractivity contribution in [1.82, 2.24) is 19.9 Å². The highest BCUT2D eigenvalue weighted by Crippen LogP contribution is 2.21. The number of ether oxygens (including phenoxy) is 1. The number of nitrogens with one attached hydrogen (secondary N) is 1. The number of hydrogen-bond acceptors (Lipinski definition) is 6. The second kappa shape index (κ2) is 5.38. The van der Waals surface area contributed by atoms with E-state index in [1.807, 2.05) is 4.90 Å². The highest BCUT2D eigenvalue weighted by atomic mass is 16.5. The minimum absolute atomic E-state index is 0.163. The first-order valence-electron chi connectivity index (χ1n) is 6.44. The third kappa shape index (κ3) is 2.67. The molecular formula is C13H15N5O2. The Labute approximate surface area is 115 Å². The van der Waals surface area contributed by atoms with Crippen LogP contribution in [0.2, 0.25) is 0 Å². The molecule has 0 bridgehead atoms. The predicted molar refractivity (Wildman–Crippen MR) is 72.5 cm³/mol. The van der Waals surface area contributed by atoms with Crippen molar-refractivity contribution in [2.45, 2.75) is 13.0 Å². The van der Waals surface area contributed by atoms with Crippen LogP contribution in [0.4, 0.5) is 5.95 Å². The van der Waals surface area contributed by atoms with Gasteiger partial charge in [0.15, 0.2) is 0 Å². The van der Waals surface area contributed by atoms with Crippen molar-refractivity contribution in [3.63, 3.8) is 0 Å². The van der Waals surface area contributed by atoms with Crippen molar-refractivity contribution in [3.05, 3.63) is 46.4 Å². The molecule has 2 aromatic rings. The molecule has 0 aromatic carbocycles. The van der Waals surface area contributed by atoms with Crippen LogP contribution in [0.15, 0.2) is 29.3 Å². The van der Waals surface area contributed by atoms with Gasteiger partial charge in [-0.2, -0.15) is 0 Å². The summed E-state index contributed by atoms with van der Waals surface area (Å²) in [7, 11) is 0. The minimum atomic E-state index is -0.242. The van der Waals surface area contributed by atoms with Crippen LogP contribution in [0.3, 0.4) is 0 Å². The fourth-order valence-corrected chi connectivity index (χ4v) is 2.23. The standard InChI is InChI=1S/C13H15N5O2/c1-9-16-10(7-12(19)17-9)11-8-18(5-6-20-11)13-14-3-2-4-15-13/h2-4,7,11H,5-6,8H2,1H3,(H,16,17,19). The molecule has 3 rings (SSSR count). The Morgan fingerprint density at radius 1 is 1.40 bits per heavy atom. The van der Waals surface area contributed by atoms with Crippen molar-refractivity contribution in [2.24, 2.45) is 0 Å². The molecule has 7 heteroatoms. The second-order valence-electron chi connectivity index (χ2n) is 4.61. The lowest BCUT2D eigenvalue weighted by Gasteiger charge is -2.32. The third-order valence-corrected chi connectivity index (χ3v) is 3.11. The molecule has 20 heavy (non-hydrogen) atoms. The van der Waals surface area contributed by atoms with Gasteiger partial charge in [0.25, 0.3) is 5.56 Å². The summed E-state index contributed by atoms with van der Waals surface area (Å²) in [4.78, 5) is 29.0.